The van der Waals surface area contributed by atoms with Crippen LogP contribution in [0.5, 0.6) is 23.0 Å². The van der Waals surface area contributed by atoms with Gasteiger partial charge in [-0.25, -0.2) is 41.6 Å². The Hall–Kier alpha value is -16.2. The van der Waals surface area contributed by atoms with Crippen molar-refractivity contribution in [3.05, 3.63) is 213 Å². The van der Waals surface area contributed by atoms with Crippen molar-refractivity contribution in [1.82, 2.24) is 66.1 Å². The molecule has 1 saturated carbocycles. The van der Waals surface area contributed by atoms with Gasteiger partial charge in [-0.15, -0.1) is 0 Å². The maximum absolute atomic E-state index is 13.2. The van der Waals surface area contributed by atoms with E-state index in [0.717, 1.165) is 28.5 Å². The van der Waals surface area contributed by atoms with Crippen LogP contribution in [0.2, 0.25) is 0 Å². The van der Waals surface area contributed by atoms with Crippen LogP contribution in [0.15, 0.2) is 163 Å². The van der Waals surface area contributed by atoms with Crippen molar-refractivity contribution in [3.8, 4) is 23.0 Å². The molecule has 4 saturated heterocycles. The number of aromatic nitrogens is 4. The van der Waals surface area contributed by atoms with Gasteiger partial charge < -0.3 is 67.3 Å². The summed E-state index contributed by atoms with van der Waals surface area (Å²) in [4.78, 5) is 189. The number of hydrogen-bond acceptors (Lipinski definition) is 30. The first-order valence-electron chi connectivity index (χ1n) is 42.1. The zero-order valence-corrected chi connectivity index (χ0v) is 74.4. The van der Waals surface area contributed by atoms with Gasteiger partial charge >= 0.3 is 6.03 Å². The van der Waals surface area contributed by atoms with Crippen LogP contribution in [-0.4, -0.2) is 206 Å². The van der Waals surface area contributed by atoms with Crippen molar-refractivity contribution in [2.45, 2.75) is 98.5 Å². The number of nitrogens with two attached hydrogens (primary N) is 1. The fraction of sp³-hybridized carbons (Fsp3) is 0.286. The quantitative estimate of drug-likeness (QED) is 0.0326. The van der Waals surface area contributed by atoms with E-state index in [1.54, 1.807) is 115 Å². The Bertz CT molecular complexity index is 7370. The minimum Gasteiger partial charge on any atom is -0.497 e. The fourth-order valence-corrected chi connectivity index (χ4v) is 19.7. The summed E-state index contributed by atoms with van der Waals surface area (Å²) < 4.78 is 97.0. The fourth-order valence-electron chi connectivity index (χ4n) is 17.8. The molecule has 8 aliphatic heterocycles. The van der Waals surface area contributed by atoms with Crippen molar-refractivity contribution < 1.29 is 116 Å². The van der Waals surface area contributed by atoms with E-state index in [9.17, 15) is 79.2 Å². The van der Waals surface area contributed by atoms with Gasteiger partial charge in [-0.05, 0) is 139 Å². The first-order chi connectivity index (χ1) is 64.5. The minimum atomic E-state index is -3.54. The number of fused-ring (bicyclic) bond motifs is 8. The largest absolute Gasteiger partial charge is 0.497 e. The van der Waals surface area contributed by atoms with E-state index >= 15 is 0 Å². The molecule has 9 aliphatic rings. The number of imide groups is 4. The summed E-state index contributed by atoms with van der Waals surface area (Å²) in [5.41, 5.74) is 8.26. The standard InChI is InChI=1S/C24H23N5O6.C24H22N4O7S.C22H20N4O7S.C21H18N4O5/c1-3-25-23(33)27-19-7-6-17-16(26-19)9-18(35-17)24(10-20(30)28-22(24)32)12-29-11-13-4-5-14(34-2)8-15(13)21(29)31;1-34-14-3-2-13-11-28(22(30)16(13)8-14)12-24(10-21(29)26-23(24)31)19-9-17-18(35-19)6-7-20(25-17)27-36(32,33)15-4-5-15;1-32-13-4-3-12-10-26(20(28)14(12)7-13)11-22(9-19(27)24-21(22)29)17-8-15-16(33-17)5-6-18(23-15)25-34(2,30)31;1-29-12-3-2-11-9-25(19(27)13(11)6-12)10-21(8-18(26)24-20(21)28)16-7-14-15(30-16)4-5-17(22)23-14/h4-9H,3,10-12H2,1-2H3,(H,28,30,32)(H2,25,26,27,33);2-3,6-9,15H,4-5,10-12H2,1H3,(H,25,27)(H,26,29,31);3-8H,9-11H2,1-2H3,(H,23,25)(H,24,27,29);2-7H,8-10H2,1H3,(H2,22,23)(H,24,26,28)/t2*24-;22-;21-/m1111/s1. The summed E-state index contributed by atoms with van der Waals surface area (Å²) >= 11 is 0. The van der Waals surface area contributed by atoms with Crippen LogP contribution in [0.25, 0.3) is 44.4 Å². The first kappa shape index (κ1) is 89.4. The minimum absolute atomic E-state index is 0.00426. The lowest BCUT2D eigenvalue weighted by Gasteiger charge is -2.28. The molecule has 42 nitrogen and oxygen atoms in total. The average Bonchev–Trinajstić information content (AvgIpc) is 1.60. The molecule has 4 aromatic carbocycles. The molecule has 14 amide bonds. The zero-order chi connectivity index (χ0) is 95.3. The summed E-state index contributed by atoms with van der Waals surface area (Å²) in [6, 6.07) is 39.2. The van der Waals surface area contributed by atoms with E-state index in [2.05, 4.69) is 61.3 Å². The second-order valence-corrected chi connectivity index (χ2v) is 37.5. The van der Waals surface area contributed by atoms with Gasteiger partial charge in [0.05, 0.1) is 65.6 Å². The topological polar surface area (TPSA) is 566 Å². The highest BCUT2D eigenvalue weighted by atomic mass is 32.2. The highest BCUT2D eigenvalue weighted by Gasteiger charge is 2.58. The van der Waals surface area contributed by atoms with Crippen LogP contribution < -0.4 is 66.0 Å². The van der Waals surface area contributed by atoms with Crippen molar-refractivity contribution in [2.24, 2.45) is 0 Å². The molecule has 16 heterocycles. The second-order valence-electron chi connectivity index (χ2n) is 33.8. The number of anilines is 4. The number of nitrogen functional groups attached to an aromatic ring is 1. The van der Waals surface area contributed by atoms with Gasteiger partial charge in [0.25, 0.3) is 23.6 Å². The summed E-state index contributed by atoms with van der Waals surface area (Å²) in [5, 5.41) is 14.2. The zero-order valence-electron chi connectivity index (χ0n) is 72.7. The van der Waals surface area contributed by atoms with Crippen molar-refractivity contribution in [1.29, 1.82) is 0 Å². The number of ether oxygens (including phenoxy) is 4. The van der Waals surface area contributed by atoms with Crippen LogP contribution >= 0.6 is 0 Å². The van der Waals surface area contributed by atoms with Gasteiger partial charge in [0.1, 0.15) is 113 Å². The van der Waals surface area contributed by atoms with Gasteiger partial charge in [0.15, 0.2) is 22.3 Å². The summed E-state index contributed by atoms with van der Waals surface area (Å²) in [5.74, 6) is -1.15. The lowest BCUT2D eigenvalue weighted by molar-refractivity contribution is -0.128. The number of furan rings is 4. The van der Waals surface area contributed by atoms with Crippen LogP contribution in [0.4, 0.5) is 28.1 Å². The number of sulfonamides is 2. The summed E-state index contributed by atoms with van der Waals surface area (Å²) in [6.45, 7) is 3.19. The summed E-state index contributed by atoms with van der Waals surface area (Å²) in [7, 11) is -0.966. The predicted molar refractivity (Wildman–Crippen MR) is 476 cm³/mol. The Labute approximate surface area is 765 Å². The SMILES string of the molecule is CCNC(=O)Nc1ccc2oc([C@]3(CN4Cc5ccc(OC)cc5C4=O)CC(=O)NC3=O)cc2n1.COc1ccc2c(c1)C(=O)N(C[C@@]1(c3cc4nc(N)ccc4o3)CC(=O)NC1=O)C2.COc1ccc2c(c1)C(=O)N(C[C@@]1(c3cc4nc(NS(=O)(=O)C5CC5)ccc4o3)CC(=O)NC1=O)C2.COc1ccc2c(c1)C(=O)N(C[C@@]1(c3cc4nc(NS(C)(=O)=O)ccc4o3)CC(=O)NC1=O)C2. The molecule has 0 unspecified atom stereocenters. The number of urea groups is 1. The molecule has 0 radical (unpaired) electrons. The van der Waals surface area contributed by atoms with Crippen LogP contribution in [0.3, 0.4) is 0 Å². The van der Waals surface area contributed by atoms with Gasteiger partial charge in [-0.3, -0.25) is 93.6 Å². The number of pyridine rings is 4. The van der Waals surface area contributed by atoms with Crippen LogP contribution in [-0.2, 0) is 106 Å². The molecule has 0 spiro atoms. The van der Waals surface area contributed by atoms with Gasteiger partial charge in [-0.2, -0.15) is 0 Å². The van der Waals surface area contributed by atoms with E-state index < -0.39 is 100 Å². The molecule has 21 rings (SSSR count). The Morgan fingerprint density at radius 3 is 0.978 bits per heavy atom. The number of nitrogens with one attached hydrogen (secondary N) is 8. The van der Waals surface area contributed by atoms with Crippen molar-refractivity contribution >= 4 is 165 Å². The maximum atomic E-state index is 13.2. The highest BCUT2D eigenvalue weighted by molar-refractivity contribution is 7.93. The Morgan fingerprint density at radius 1 is 0.407 bits per heavy atom. The Morgan fingerprint density at radius 2 is 0.696 bits per heavy atom. The Kier molecular flexibility index (Phi) is 22.7. The number of benzene rings is 4. The number of amides is 14. The lowest BCUT2D eigenvalue weighted by atomic mass is 9.82. The third kappa shape index (κ3) is 16.9. The normalized spacial score (nSPS) is 20.4. The van der Waals surface area contributed by atoms with Crippen molar-refractivity contribution in [2.75, 3.05) is 87.9 Å². The number of rotatable bonds is 23. The van der Waals surface area contributed by atoms with Crippen LogP contribution in [0, 0.1) is 0 Å². The smallest absolute Gasteiger partial charge is 0.320 e. The second kappa shape index (κ2) is 34.2. The highest BCUT2D eigenvalue weighted by Crippen LogP contribution is 2.46. The molecule has 5 fully saturated rings. The number of hydrogen-bond donors (Lipinski definition) is 9. The molecule has 0 bridgehead atoms. The molecule has 694 valence electrons. The molecule has 12 aromatic rings. The third-order valence-corrected chi connectivity index (χ3v) is 27.1. The first-order valence-corrected chi connectivity index (χ1v) is 45.6. The molecular weight excluding hydrogens is 1800 g/mol. The third-order valence-electron chi connectivity index (χ3n) is 24.7. The van der Waals surface area contributed by atoms with Crippen molar-refractivity contribution in [3.63, 3.8) is 0 Å². The lowest BCUT2D eigenvalue weighted by Crippen LogP contribution is -2.46. The van der Waals surface area contributed by atoms with Crippen LogP contribution in [0.1, 0.15) is 132 Å². The van der Waals surface area contributed by atoms with Gasteiger partial charge in [-0.1, -0.05) is 24.3 Å². The maximum Gasteiger partial charge on any atom is 0.320 e. The van der Waals surface area contributed by atoms with E-state index in [4.69, 9.17) is 42.3 Å². The average molecular weight is 1880 g/mol. The number of methoxy groups -OCH3 is 4. The molecule has 135 heavy (non-hydrogen) atoms. The Balaban J connectivity index is 0.000000120. The van der Waals surface area contributed by atoms with Gasteiger partial charge in [0.2, 0.25) is 67.3 Å². The van der Waals surface area contributed by atoms with Gasteiger partial charge in [0, 0.05) is 105 Å². The monoisotopic (exact) mass is 1880 g/mol. The molecule has 8 aromatic heterocycles. The number of nitrogens with zero attached hydrogens (tertiary/aromatic N) is 8. The van der Waals surface area contributed by atoms with E-state index in [1.165, 1.54) is 73.5 Å². The van der Waals surface area contributed by atoms with E-state index in [0.29, 0.717) is 134 Å². The number of carbonyl (C=O) groups is 13. The molecule has 1 aliphatic carbocycles. The number of carbonyl (C=O) groups excluding carboxylic acids is 13. The molecule has 4 atom stereocenters. The molecule has 44 heteroatoms. The van der Waals surface area contributed by atoms with E-state index in [1.807, 2.05) is 12.1 Å². The summed E-state index contributed by atoms with van der Waals surface area (Å²) in [6.07, 6.45) is 1.54. The molecular formula is C91H83N17O25S2. The molecule has 10 N–H and O–H groups in total. The van der Waals surface area contributed by atoms with E-state index in [-0.39, 0.29) is 123 Å². The predicted octanol–water partition coefficient (Wildman–Crippen LogP) is 6.11.